The van der Waals surface area contributed by atoms with E-state index in [1.807, 2.05) is 13.8 Å². The Labute approximate surface area is 599 Å². The summed E-state index contributed by atoms with van der Waals surface area (Å²) in [5.74, 6) is -28.6. The average Bonchev–Trinajstić information content (AvgIpc) is 0.807. The number of carbonyl (C=O) groups is 6. The van der Waals surface area contributed by atoms with Crippen LogP contribution >= 0.6 is 23.2 Å². The fourth-order valence-corrected chi connectivity index (χ4v) is 13.2. The van der Waals surface area contributed by atoms with Crippen LogP contribution in [0, 0.1) is 35.0 Å². The highest BCUT2D eigenvalue weighted by Gasteiger charge is 2.51. The summed E-state index contributed by atoms with van der Waals surface area (Å²) in [6.07, 6.45) is -15.7. The van der Waals surface area contributed by atoms with Gasteiger partial charge >= 0.3 is 5.97 Å². The molecular formula is C70H75Cl2F5N6O21. The number of phenols is 3. The van der Waals surface area contributed by atoms with Crippen LogP contribution in [-0.2, 0) is 60.7 Å². The molecule has 16 N–H and O–H groups in total. The molecule has 12 rings (SSSR count). The zero-order valence-electron chi connectivity index (χ0n) is 55.7. The first-order valence-corrected chi connectivity index (χ1v) is 33.6. The van der Waals surface area contributed by atoms with Crippen molar-refractivity contribution in [2.75, 3.05) is 19.8 Å². The zero-order valence-corrected chi connectivity index (χ0v) is 57.2. The van der Waals surface area contributed by atoms with Gasteiger partial charge in [-0.1, -0.05) is 55.2 Å². The van der Waals surface area contributed by atoms with Crippen LogP contribution in [-0.4, -0.2) is 169 Å². The highest BCUT2D eigenvalue weighted by molar-refractivity contribution is 6.32. The topological polar surface area (TPSA) is 429 Å². The molecule has 14 atom stereocenters. The number of hydrogen-bond donors (Lipinski definition) is 14. The molecule has 2 fully saturated rings. The van der Waals surface area contributed by atoms with Crippen LogP contribution in [0.3, 0.4) is 0 Å². The number of halogens is 7. The Morgan fingerprint density at radius 3 is 2.17 bits per heavy atom. The summed E-state index contributed by atoms with van der Waals surface area (Å²) >= 11 is 14.2. The zero-order chi connectivity index (χ0) is 75.5. The van der Waals surface area contributed by atoms with Crippen LogP contribution in [0.5, 0.6) is 34.5 Å². The number of aliphatic hydroxyl groups is 5. The van der Waals surface area contributed by atoms with Gasteiger partial charge in [0.2, 0.25) is 64.8 Å². The fourth-order valence-electron chi connectivity index (χ4n) is 12.7. The lowest BCUT2D eigenvalue weighted by Crippen LogP contribution is -2.62. The third-order valence-electron chi connectivity index (χ3n) is 18.0. The van der Waals surface area contributed by atoms with Gasteiger partial charge in [-0.25, -0.2) is 13.2 Å². The van der Waals surface area contributed by atoms with E-state index in [0.717, 1.165) is 12.1 Å². The van der Waals surface area contributed by atoms with Crippen LogP contribution < -0.4 is 46.9 Å². The molecule has 0 saturated carbocycles. The number of aryl methyl sites for hydroxylation is 1. The fraction of sp³-hybridized carbons (Fsp3) is 0.429. The van der Waals surface area contributed by atoms with Gasteiger partial charge in [0.05, 0.1) is 47.9 Å². The second kappa shape index (κ2) is 32.7. The van der Waals surface area contributed by atoms with E-state index in [2.05, 4.69) is 21.3 Å². The summed E-state index contributed by atoms with van der Waals surface area (Å²) in [5, 5.41) is 101. The monoisotopic (exact) mass is 1500 g/mol. The van der Waals surface area contributed by atoms with Gasteiger partial charge in [0.1, 0.15) is 65.1 Å². The van der Waals surface area contributed by atoms with Crippen molar-refractivity contribution in [2.24, 2.45) is 17.4 Å². The summed E-state index contributed by atoms with van der Waals surface area (Å²) in [6, 6.07) is 7.67. The number of nitrogens with one attached hydrogen (secondary N) is 4. The number of fused-ring (bicyclic) bond motifs is 15. The Balaban J connectivity index is 1.17. The third kappa shape index (κ3) is 17.6. The number of aromatic hydroxyl groups is 3. The molecule has 7 aliphatic rings. The number of hydrogen-bond acceptors (Lipinski definition) is 23. The number of ketones is 1. The SMILES string of the molecule is CC(C)CCC(=O)N[C@H]1CN[C@@H](CC(N)=O)C(=O)N[C@H]2C(=O)NCc3ccc(O)c(c3)-c3c(O)cc(O)cc3[C@@H](C(=O)Oc3c(F)c(F)c(F)c(F)c3F)C(=O)CCc3ccc(c(Cl)c3)OC3CC2=CC(=C3OC2OC(CO)C(O)C(O)C2OC2CC(C)(N)CC(CO)O2)Oc2ccc(cc2Cl)[C@H]1O. The lowest BCUT2D eigenvalue weighted by atomic mass is 9.84. The van der Waals surface area contributed by atoms with Crippen molar-refractivity contribution in [3.05, 3.63) is 151 Å². The molecule has 0 aromatic heterocycles. The van der Waals surface area contributed by atoms with Crippen molar-refractivity contribution in [2.45, 2.75) is 164 Å². The van der Waals surface area contributed by atoms with Crippen LogP contribution in [0.25, 0.3) is 11.1 Å². The molecular weight excluding hydrogens is 1430 g/mol. The molecule has 560 valence electrons. The number of rotatable bonds is 14. The van der Waals surface area contributed by atoms with Crippen LogP contribution in [0.1, 0.15) is 100.0 Å². The Morgan fingerprint density at radius 2 is 1.50 bits per heavy atom. The Bertz CT molecular complexity index is 4180. The first-order chi connectivity index (χ1) is 49.2. The minimum absolute atomic E-state index is 0.00233. The van der Waals surface area contributed by atoms with E-state index in [1.165, 1.54) is 48.5 Å². The highest BCUT2D eigenvalue weighted by atomic mass is 35.5. The van der Waals surface area contributed by atoms with E-state index in [-0.39, 0.29) is 69.0 Å². The van der Waals surface area contributed by atoms with E-state index >= 15 is 18.4 Å². The Hall–Kier alpha value is -8.77. The maximum atomic E-state index is 15.5. The number of esters is 1. The third-order valence-corrected chi connectivity index (χ3v) is 18.6. The van der Waals surface area contributed by atoms with E-state index in [4.69, 9.17) is 67.8 Å². The molecule has 4 amide bonds. The second-order valence-corrected chi connectivity index (χ2v) is 27.3. The summed E-state index contributed by atoms with van der Waals surface area (Å²) in [5.41, 5.74) is 9.47. The average molecular weight is 1500 g/mol. The molecule has 9 bridgehead atoms. The van der Waals surface area contributed by atoms with Crippen molar-refractivity contribution in [3.63, 3.8) is 0 Å². The molecule has 6 aliphatic heterocycles. The molecule has 104 heavy (non-hydrogen) atoms. The van der Waals surface area contributed by atoms with Gasteiger partial charge in [-0.3, -0.25) is 28.8 Å². The van der Waals surface area contributed by atoms with Gasteiger partial charge in [-0.05, 0) is 108 Å². The number of benzene rings is 5. The number of carbonyl (C=O) groups excluding carboxylic acids is 6. The van der Waals surface area contributed by atoms with E-state index < -0.39 is 253 Å². The van der Waals surface area contributed by atoms with Crippen molar-refractivity contribution >= 4 is 58.6 Å². The number of allylic oxidation sites excluding steroid dienone is 1. The summed E-state index contributed by atoms with van der Waals surface area (Å²) in [6.45, 7) is 2.90. The van der Waals surface area contributed by atoms with Crippen LogP contribution in [0.15, 0.2) is 89.9 Å². The predicted molar refractivity (Wildman–Crippen MR) is 354 cm³/mol. The Kier molecular flexibility index (Phi) is 24.5. The molecule has 34 heteroatoms. The maximum Gasteiger partial charge on any atom is 0.326 e. The lowest BCUT2D eigenvalue weighted by Gasteiger charge is -2.46. The summed E-state index contributed by atoms with van der Waals surface area (Å²) in [7, 11) is 0. The minimum atomic E-state index is -2.63. The largest absolute Gasteiger partial charge is 0.508 e. The molecule has 9 unspecified atom stereocenters. The summed E-state index contributed by atoms with van der Waals surface area (Å²) < 4.78 is 118. The van der Waals surface area contributed by atoms with Gasteiger partial charge in [-0.15, -0.1) is 0 Å². The smallest absolute Gasteiger partial charge is 0.326 e. The molecule has 5 aromatic rings. The number of primary amides is 1. The molecule has 5 aromatic carbocycles. The first-order valence-electron chi connectivity index (χ1n) is 32.8. The number of ether oxygens (including phenoxy) is 7. The number of aliphatic hydroxyl groups excluding tert-OH is 5. The van der Waals surface area contributed by atoms with Crippen molar-refractivity contribution < 1.29 is 125 Å². The van der Waals surface area contributed by atoms with Gasteiger partial charge < -0.3 is 107 Å². The molecule has 6 heterocycles. The number of nitrogens with two attached hydrogens (primary N) is 2. The van der Waals surface area contributed by atoms with Crippen LogP contribution in [0.4, 0.5) is 22.0 Å². The minimum Gasteiger partial charge on any atom is -0.508 e. The predicted octanol–water partition coefficient (Wildman–Crippen LogP) is 4.70. The summed E-state index contributed by atoms with van der Waals surface area (Å²) in [4.78, 5) is 86.5. The number of Topliss-reactive ketones (excluding diaryl/α,β-unsaturated/α-hetero) is 1. The molecule has 2 saturated heterocycles. The van der Waals surface area contributed by atoms with Gasteiger partial charge in [0.25, 0.3) is 0 Å². The Morgan fingerprint density at radius 1 is 0.808 bits per heavy atom. The van der Waals surface area contributed by atoms with Crippen molar-refractivity contribution in [1.82, 2.24) is 21.3 Å². The van der Waals surface area contributed by atoms with Crippen molar-refractivity contribution in [3.8, 4) is 45.6 Å². The maximum absolute atomic E-state index is 15.5. The molecule has 0 radical (unpaired) electrons. The standard InChI is InChI=1S/C70H75Cl2F5N6O21/c1-28(2)4-13-50(91)82-40-25-80-39(21-49(78)90)66(95)83-59-32-17-46(63(47(18-32)100-45-12-8-31(60(40)92)16-38(45)72)104-69-65(62(94)61(93)48(27-85)101-69)102-51-23-70(3,79)22-34(26-84)98-51)99-44-11-7-29(15-37(44)71)5-10-42(88)53(68(97)103-64-57(76)55(74)54(73)56(75)58(64)77)36-19-33(86)20-43(89)52(36)35-14-30(6-9-41(35)87)24-81-67(59)96/h6-9,11-12,14-16,18-20,28,34,39-40,46,48,51,53,59-62,65,69,80,84-87,89,92-94H,4-5,10,13,17,21-27,79H2,1-3H3,(H2,78,90)(H,81,96)(H,82,91)(H,83,95)/t34?,39-,40-,46?,48?,51?,53+,59+,60+,61?,62?,65?,69?,70?/m0/s1. The van der Waals surface area contributed by atoms with Gasteiger partial charge in [0, 0.05) is 61.5 Å². The number of amides is 4. The second-order valence-electron chi connectivity index (χ2n) is 26.5. The van der Waals surface area contributed by atoms with E-state index in [1.54, 1.807) is 6.92 Å². The van der Waals surface area contributed by atoms with Crippen molar-refractivity contribution in [1.29, 1.82) is 0 Å². The molecule has 27 nitrogen and oxygen atoms in total. The van der Waals surface area contributed by atoms with Crippen LogP contribution in [0.2, 0.25) is 10.0 Å². The van der Waals surface area contributed by atoms with E-state index in [0.29, 0.717) is 18.6 Å². The first kappa shape index (κ1) is 77.8. The normalized spacial score (nSPS) is 27.0. The molecule has 0 spiro atoms. The van der Waals surface area contributed by atoms with E-state index in [9.17, 15) is 73.2 Å². The molecule has 1 aliphatic carbocycles. The lowest BCUT2D eigenvalue weighted by molar-refractivity contribution is -0.339. The van der Waals surface area contributed by atoms with Gasteiger partial charge in [0.15, 0.2) is 35.8 Å². The quantitative estimate of drug-likeness (QED) is 0.0179. The number of phenolic OH excluding ortho intramolecular Hbond substituents is 3. The highest BCUT2D eigenvalue weighted by Crippen LogP contribution is 2.46. The van der Waals surface area contributed by atoms with Gasteiger partial charge in [-0.2, -0.15) is 8.78 Å².